The minimum absolute atomic E-state index is 0.246. The first kappa shape index (κ1) is 19.0. The molecule has 0 bridgehead atoms. The molecule has 0 saturated carbocycles. The summed E-state index contributed by atoms with van der Waals surface area (Å²) < 4.78 is 76.3. The highest BCUT2D eigenvalue weighted by Gasteiger charge is 2.30. The largest absolute Gasteiger partial charge is 0.416 e. The Morgan fingerprint density at radius 3 is 2.30 bits per heavy atom. The summed E-state index contributed by atoms with van der Waals surface area (Å²) >= 11 is 0. The van der Waals surface area contributed by atoms with Crippen LogP contribution in [0.1, 0.15) is 5.56 Å². The summed E-state index contributed by atoms with van der Waals surface area (Å²) in [5, 5.41) is 0. The lowest BCUT2D eigenvalue weighted by Gasteiger charge is -2.12. The van der Waals surface area contributed by atoms with Crippen LogP contribution in [0, 0.1) is 5.82 Å². The van der Waals surface area contributed by atoms with Crippen LogP contribution in [-0.4, -0.2) is 19.7 Å². The highest BCUT2D eigenvalue weighted by atomic mass is 32.2. The molecule has 0 atom stereocenters. The second-order valence-corrected chi connectivity index (χ2v) is 7.88. The van der Waals surface area contributed by atoms with Crippen molar-refractivity contribution < 1.29 is 26.0 Å². The lowest BCUT2D eigenvalue weighted by Crippen LogP contribution is -2.04. The molecular weight excluding hydrogens is 382 g/mol. The fraction of sp³-hybridized carbons (Fsp3) is 0.105. The van der Waals surface area contributed by atoms with Gasteiger partial charge in [-0.05, 0) is 35.9 Å². The molecule has 0 N–H and O–H groups in total. The van der Waals surface area contributed by atoms with Gasteiger partial charge in [-0.15, -0.1) is 0 Å². The molecule has 2 aromatic carbocycles. The molecule has 0 aliphatic rings. The van der Waals surface area contributed by atoms with E-state index in [0.717, 1.165) is 30.5 Å². The van der Waals surface area contributed by atoms with Crippen molar-refractivity contribution >= 4 is 9.84 Å². The molecule has 27 heavy (non-hydrogen) atoms. The van der Waals surface area contributed by atoms with Crippen LogP contribution >= 0.6 is 0 Å². The van der Waals surface area contributed by atoms with Crippen LogP contribution in [0.25, 0.3) is 22.4 Å². The van der Waals surface area contributed by atoms with Gasteiger partial charge in [0.2, 0.25) is 0 Å². The normalized spacial score (nSPS) is 12.2. The lowest BCUT2D eigenvalue weighted by molar-refractivity contribution is -0.137. The van der Waals surface area contributed by atoms with Crippen molar-refractivity contribution in [2.45, 2.75) is 11.1 Å². The molecule has 0 aliphatic carbocycles. The number of pyridine rings is 1. The predicted molar refractivity (Wildman–Crippen MR) is 93.2 cm³/mol. The molecule has 0 saturated heterocycles. The van der Waals surface area contributed by atoms with Gasteiger partial charge in [-0.2, -0.15) is 13.2 Å². The van der Waals surface area contributed by atoms with Gasteiger partial charge in [0.05, 0.1) is 11.3 Å². The first-order valence-electron chi connectivity index (χ1n) is 7.70. The summed E-state index contributed by atoms with van der Waals surface area (Å²) in [7, 11) is -3.74. The Bertz CT molecular complexity index is 1110. The molecule has 3 nitrogen and oxygen atoms in total. The molecule has 1 heterocycles. The second kappa shape index (κ2) is 6.77. The standard InChI is InChI=1S/C19H13F4NO2S/c1-27(25,26)17-8-7-13(11-16(17)20)18-15(6-3-9-24-18)12-4-2-5-14(10-12)19(21,22)23/h2-11H,1H3. The molecular formula is C19H13F4NO2S. The summed E-state index contributed by atoms with van der Waals surface area (Å²) in [5.74, 6) is -0.948. The van der Waals surface area contributed by atoms with Crippen LogP contribution in [0.2, 0.25) is 0 Å². The third-order valence-corrected chi connectivity index (χ3v) is 5.04. The maximum atomic E-state index is 14.2. The average molecular weight is 395 g/mol. The van der Waals surface area contributed by atoms with Gasteiger partial charge in [-0.25, -0.2) is 12.8 Å². The van der Waals surface area contributed by atoms with E-state index >= 15 is 0 Å². The zero-order chi connectivity index (χ0) is 19.8. The minimum atomic E-state index is -4.50. The number of rotatable bonds is 3. The van der Waals surface area contributed by atoms with Crippen molar-refractivity contribution in [1.29, 1.82) is 0 Å². The summed E-state index contributed by atoms with van der Waals surface area (Å²) in [6.45, 7) is 0. The van der Waals surface area contributed by atoms with Gasteiger partial charge in [0.1, 0.15) is 10.7 Å². The van der Waals surface area contributed by atoms with E-state index in [-0.39, 0.29) is 16.8 Å². The molecule has 3 rings (SSSR count). The molecule has 3 aromatic rings. The summed E-state index contributed by atoms with van der Waals surface area (Å²) in [5.41, 5.74) is 0.327. The van der Waals surface area contributed by atoms with Gasteiger partial charge in [0.15, 0.2) is 9.84 Å². The molecule has 0 unspecified atom stereocenters. The van der Waals surface area contributed by atoms with E-state index in [2.05, 4.69) is 4.98 Å². The SMILES string of the molecule is CS(=O)(=O)c1ccc(-c2ncccc2-c2cccc(C(F)(F)F)c2)cc1F. The highest BCUT2D eigenvalue weighted by Crippen LogP contribution is 2.35. The van der Waals surface area contributed by atoms with Crippen LogP contribution < -0.4 is 0 Å². The van der Waals surface area contributed by atoms with Crippen molar-refractivity contribution in [1.82, 2.24) is 4.98 Å². The van der Waals surface area contributed by atoms with E-state index in [1.54, 1.807) is 12.1 Å². The first-order chi connectivity index (χ1) is 12.6. The Hall–Kier alpha value is -2.74. The zero-order valence-electron chi connectivity index (χ0n) is 14.0. The van der Waals surface area contributed by atoms with E-state index in [0.29, 0.717) is 5.56 Å². The molecule has 0 amide bonds. The maximum absolute atomic E-state index is 14.2. The van der Waals surface area contributed by atoms with Crippen LogP contribution in [0.15, 0.2) is 65.7 Å². The number of benzene rings is 2. The third-order valence-electron chi connectivity index (χ3n) is 3.91. The Kier molecular flexibility index (Phi) is 4.77. The lowest BCUT2D eigenvalue weighted by atomic mass is 9.98. The van der Waals surface area contributed by atoms with Crippen molar-refractivity contribution in [3.8, 4) is 22.4 Å². The van der Waals surface area contributed by atoms with Gasteiger partial charge >= 0.3 is 6.18 Å². The number of hydrogen-bond donors (Lipinski definition) is 0. The molecule has 0 aliphatic heterocycles. The quantitative estimate of drug-likeness (QED) is 0.588. The number of aromatic nitrogens is 1. The fourth-order valence-electron chi connectivity index (χ4n) is 2.68. The van der Waals surface area contributed by atoms with Gasteiger partial charge in [-0.1, -0.05) is 24.3 Å². The smallest absolute Gasteiger partial charge is 0.256 e. The van der Waals surface area contributed by atoms with Crippen molar-refractivity contribution in [2.75, 3.05) is 6.26 Å². The number of nitrogens with zero attached hydrogens (tertiary/aromatic N) is 1. The van der Waals surface area contributed by atoms with E-state index in [1.807, 2.05) is 0 Å². The highest BCUT2D eigenvalue weighted by molar-refractivity contribution is 7.90. The first-order valence-corrected chi connectivity index (χ1v) is 9.59. The number of hydrogen-bond acceptors (Lipinski definition) is 3. The molecule has 8 heteroatoms. The van der Waals surface area contributed by atoms with E-state index in [4.69, 9.17) is 0 Å². The zero-order valence-corrected chi connectivity index (χ0v) is 14.8. The second-order valence-electron chi connectivity index (χ2n) is 5.90. The Morgan fingerprint density at radius 1 is 0.926 bits per heavy atom. The molecule has 0 fully saturated rings. The molecule has 1 aromatic heterocycles. The monoisotopic (exact) mass is 395 g/mol. The molecule has 140 valence electrons. The van der Waals surface area contributed by atoms with E-state index in [1.165, 1.54) is 24.4 Å². The predicted octanol–water partition coefficient (Wildman–Crippen LogP) is 4.98. The van der Waals surface area contributed by atoms with Crippen LogP contribution in [-0.2, 0) is 16.0 Å². The van der Waals surface area contributed by atoms with Crippen LogP contribution in [0.4, 0.5) is 17.6 Å². The fourth-order valence-corrected chi connectivity index (χ4v) is 3.41. The number of halogens is 4. The van der Waals surface area contributed by atoms with E-state index < -0.39 is 32.3 Å². The molecule has 0 radical (unpaired) electrons. The van der Waals surface area contributed by atoms with Crippen molar-refractivity contribution in [3.05, 3.63) is 72.2 Å². The minimum Gasteiger partial charge on any atom is -0.256 e. The van der Waals surface area contributed by atoms with E-state index in [9.17, 15) is 26.0 Å². The Morgan fingerprint density at radius 2 is 1.67 bits per heavy atom. The van der Waals surface area contributed by atoms with Gasteiger partial charge in [-0.3, -0.25) is 4.98 Å². The maximum Gasteiger partial charge on any atom is 0.416 e. The van der Waals surface area contributed by atoms with Crippen LogP contribution in [0.3, 0.4) is 0 Å². The Labute approximate surface area is 153 Å². The number of alkyl halides is 3. The summed E-state index contributed by atoms with van der Waals surface area (Å²) in [4.78, 5) is 3.70. The third kappa shape index (κ3) is 4.00. The molecule has 0 spiro atoms. The van der Waals surface area contributed by atoms with Gasteiger partial charge in [0.25, 0.3) is 0 Å². The van der Waals surface area contributed by atoms with Gasteiger partial charge < -0.3 is 0 Å². The number of sulfone groups is 1. The topological polar surface area (TPSA) is 47.0 Å². The van der Waals surface area contributed by atoms with Crippen LogP contribution in [0.5, 0.6) is 0 Å². The van der Waals surface area contributed by atoms with Crippen molar-refractivity contribution in [3.63, 3.8) is 0 Å². The summed E-state index contributed by atoms with van der Waals surface area (Å²) in [6, 6.07) is 11.3. The Balaban J connectivity index is 2.15. The van der Waals surface area contributed by atoms with Gasteiger partial charge in [0, 0.05) is 23.6 Å². The summed E-state index contributed by atoms with van der Waals surface area (Å²) in [6.07, 6.45) is -2.18. The van der Waals surface area contributed by atoms with Crippen molar-refractivity contribution in [2.24, 2.45) is 0 Å². The average Bonchev–Trinajstić information content (AvgIpc) is 2.60.